The van der Waals surface area contributed by atoms with E-state index in [1.165, 1.54) is 0 Å². The van der Waals surface area contributed by atoms with Crippen molar-refractivity contribution >= 4 is 21.7 Å². The highest BCUT2D eigenvalue weighted by atomic mass is 79.9. The van der Waals surface area contributed by atoms with Gasteiger partial charge in [0.15, 0.2) is 0 Å². The zero-order chi connectivity index (χ0) is 13.1. The summed E-state index contributed by atoms with van der Waals surface area (Å²) in [5, 5.41) is 9.14. The highest BCUT2D eigenvalue weighted by Crippen LogP contribution is 2.31. The lowest BCUT2D eigenvalue weighted by molar-refractivity contribution is 0.104. The number of nitriles is 1. The van der Waals surface area contributed by atoms with Crippen LogP contribution in [0.4, 0.5) is 0 Å². The Morgan fingerprint density at radius 2 is 1.76 bits per heavy atom. The summed E-state index contributed by atoms with van der Waals surface area (Å²) in [7, 11) is 0. The molecule has 0 amide bonds. The van der Waals surface area contributed by atoms with Gasteiger partial charge in [0.1, 0.15) is 0 Å². The fourth-order valence-electron chi connectivity index (χ4n) is 1.38. The van der Waals surface area contributed by atoms with Crippen LogP contribution < -0.4 is 0 Å². The minimum Gasteiger partial charge on any atom is -0.288 e. The first kappa shape index (κ1) is 13.7. The topological polar surface area (TPSA) is 40.9 Å². The van der Waals surface area contributed by atoms with Gasteiger partial charge >= 0.3 is 0 Å². The zero-order valence-electron chi connectivity index (χ0n) is 10.1. The lowest BCUT2D eigenvalue weighted by atomic mass is 9.86. The van der Waals surface area contributed by atoms with Gasteiger partial charge in [0, 0.05) is 5.56 Å². The van der Waals surface area contributed by atoms with Gasteiger partial charge in [0.2, 0.25) is 5.78 Å². The van der Waals surface area contributed by atoms with E-state index in [0.29, 0.717) is 15.6 Å². The van der Waals surface area contributed by atoms with Gasteiger partial charge in [-0.05, 0) is 21.3 Å². The van der Waals surface area contributed by atoms with Crippen LogP contribution in [0.1, 0.15) is 31.1 Å². The van der Waals surface area contributed by atoms with Crippen LogP contribution >= 0.6 is 15.9 Å². The molecule has 0 fully saturated rings. The average Bonchev–Trinajstić information content (AvgIpc) is 2.28. The summed E-state index contributed by atoms with van der Waals surface area (Å²) in [5.41, 5.74) is 0.695. The summed E-state index contributed by atoms with van der Waals surface area (Å²) in [6.45, 7) is 5.72. The Bertz CT molecular complexity index is 489. The van der Waals surface area contributed by atoms with Gasteiger partial charge in [0.25, 0.3) is 0 Å². The normalized spacial score (nSPS) is 12.6. The first-order chi connectivity index (χ1) is 7.88. The number of allylic oxidation sites excluding steroid dienone is 2. The molecule has 0 aromatic heterocycles. The molecule has 0 saturated carbocycles. The van der Waals surface area contributed by atoms with Crippen LogP contribution in [0, 0.1) is 16.7 Å². The number of nitrogens with zero attached hydrogens (tertiary/aromatic N) is 1. The van der Waals surface area contributed by atoms with Crippen molar-refractivity contribution in [2.75, 3.05) is 0 Å². The van der Waals surface area contributed by atoms with Crippen LogP contribution in [0.25, 0.3) is 0 Å². The minimum absolute atomic E-state index is 0.155. The van der Waals surface area contributed by atoms with E-state index in [9.17, 15) is 4.79 Å². The molecule has 1 rings (SSSR count). The van der Waals surface area contributed by atoms with Crippen LogP contribution in [-0.4, -0.2) is 5.78 Å². The third-order valence-electron chi connectivity index (χ3n) is 2.32. The van der Waals surface area contributed by atoms with Gasteiger partial charge in [-0.2, -0.15) is 5.26 Å². The second-order valence-corrected chi connectivity index (χ2v) is 5.54. The minimum atomic E-state index is -0.349. The number of carbonyl (C=O) groups excluding carboxylic acids is 1. The van der Waals surface area contributed by atoms with Crippen LogP contribution in [0.3, 0.4) is 0 Å². The highest BCUT2D eigenvalue weighted by Gasteiger charge is 2.24. The summed E-state index contributed by atoms with van der Waals surface area (Å²) in [6.07, 6.45) is 0. The van der Waals surface area contributed by atoms with Crippen molar-refractivity contribution in [2.45, 2.75) is 20.8 Å². The quantitative estimate of drug-likeness (QED) is 0.468. The molecular formula is C14H14BrNO. The number of hydrogen-bond acceptors (Lipinski definition) is 2. The lowest BCUT2D eigenvalue weighted by Gasteiger charge is -2.18. The van der Waals surface area contributed by atoms with Gasteiger partial charge < -0.3 is 0 Å². The van der Waals surface area contributed by atoms with Crippen LogP contribution in [0.2, 0.25) is 0 Å². The predicted molar refractivity (Wildman–Crippen MR) is 71.8 cm³/mol. The zero-order valence-corrected chi connectivity index (χ0v) is 11.7. The van der Waals surface area contributed by atoms with Gasteiger partial charge in [-0.15, -0.1) is 0 Å². The third-order valence-corrected chi connectivity index (χ3v) is 3.07. The molecule has 2 nitrogen and oxygen atoms in total. The third kappa shape index (κ3) is 3.28. The number of benzene rings is 1. The fourth-order valence-corrected chi connectivity index (χ4v) is 2.29. The molecule has 0 aliphatic carbocycles. The van der Waals surface area contributed by atoms with E-state index in [1.54, 1.807) is 24.3 Å². The van der Waals surface area contributed by atoms with Crippen LogP contribution in [0.15, 0.2) is 40.4 Å². The second-order valence-electron chi connectivity index (χ2n) is 4.75. The Kier molecular flexibility index (Phi) is 4.25. The molecule has 0 N–H and O–H groups in total. The molecule has 0 unspecified atom stereocenters. The number of rotatable bonds is 2. The van der Waals surface area contributed by atoms with E-state index in [0.717, 1.165) is 0 Å². The molecule has 1 aromatic rings. The Morgan fingerprint density at radius 1 is 1.24 bits per heavy atom. The smallest absolute Gasteiger partial charge is 0.200 e. The first-order valence-electron chi connectivity index (χ1n) is 5.28. The Balaban J connectivity index is 3.22. The molecule has 0 aliphatic heterocycles. The van der Waals surface area contributed by atoms with E-state index in [4.69, 9.17) is 5.26 Å². The van der Waals surface area contributed by atoms with Crippen LogP contribution in [-0.2, 0) is 0 Å². The van der Waals surface area contributed by atoms with E-state index >= 15 is 0 Å². The average molecular weight is 292 g/mol. The molecule has 88 valence electrons. The molecule has 0 atom stereocenters. The molecule has 0 spiro atoms. The molecule has 0 aliphatic rings. The van der Waals surface area contributed by atoms with Crippen molar-refractivity contribution in [3.63, 3.8) is 0 Å². The van der Waals surface area contributed by atoms with Crippen molar-refractivity contribution in [1.29, 1.82) is 5.26 Å². The molecular weight excluding hydrogens is 278 g/mol. The first-order valence-corrected chi connectivity index (χ1v) is 6.07. The molecule has 1 aromatic carbocycles. The summed E-state index contributed by atoms with van der Waals surface area (Å²) in [6, 6.07) is 11.0. The van der Waals surface area contributed by atoms with Crippen molar-refractivity contribution < 1.29 is 4.79 Å². The van der Waals surface area contributed by atoms with Gasteiger partial charge in [-0.1, -0.05) is 51.1 Å². The van der Waals surface area contributed by atoms with Gasteiger partial charge in [-0.25, -0.2) is 0 Å². The molecule has 17 heavy (non-hydrogen) atoms. The number of Topliss-reactive ketones (excluding diaryl/α,β-unsaturated/α-hetero) is 1. The largest absolute Gasteiger partial charge is 0.288 e. The SMILES string of the molecule is CC(C)(C)/C(C#N)=C(/Br)C(=O)c1ccccc1. The Morgan fingerprint density at radius 3 is 2.18 bits per heavy atom. The number of ketones is 1. The van der Waals surface area contributed by atoms with E-state index < -0.39 is 0 Å². The van der Waals surface area contributed by atoms with Gasteiger partial charge in [0.05, 0.1) is 16.1 Å². The van der Waals surface area contributed by atoms with Crippen molar-refractivity contribution in [2.24, 2.45) is 5.41 Å². The van der Waals surface area contributed by atoms with Crippen molar-refractivity contribution in [3.05, 3.63) is 46.0 Å². The molecule has 0 bridgehead atoms. The maximum atomic E-state index is 12.1. The molecule has 0 saturated heterocycles. The maximum Gasteiger partial charge on any atom is 0.200 e. The van der Waals surface area contributed by atoms with E-state index in [2.05, 4.69) is 22.0 Å². The standard InChI is InChI=1S/C14H14BrNO/c1-14(2,3)11(9-16)12(15)13(17)10-7-5-4-6-8-10/h4-8H,1-3H3/b12-11+. The number of hydrogen-bond donors (Lipinski definition) is 0. The van der Waals surface area contributed by atoms with E-state index in [-0.39, 0.29) is 11.2 Å². The number of carbonyl (C=O) groups is 1. The lowest BCUT2D eigenvalue weighted by Crippen LogP contribution is -2.13. The van der Waals surface area contributed by atoms with E-state index in [1.807, 2.05) is 26.8 Å². The Labute approximate surface area is 110 Å². The number of halogens is 1. The highest BCUT2D eigenvalue weighted by molar-refractivity contribution is 9.12. The maximum absolute atomic E-state index is 12.1. The van der Waals surface area contributed by atoms with Gasteiger partial charge in [-0.3, -0.25) is 4.79 Å². The summed E-state index contributed by atoms with van der Waals surface area (Å²) in [5.74, 6) is -0.155. The second kappa shape index (κ2) is 5.29. The predicted octanol–water partition coefficient (Wildman–Crippen LogP) is 4.09. The molecule has 0 heterocycles. The van der Waals surface area contributed by atoms with Crippen LogP contribution in [0.5, 0.6) is 0 Å². The fraction of sp³-hybridized carbons (Fsp3) is 0.286. The Hall–Kier alpha value is -1.40. The summed E-state index contributed by atoms with van der Waals surface area (Å²) >= 11 is 3.25. The van der Waals surface area contributed by atoms with Crippen molar-refractivity contribution in [3.8, 4) is 6.07 Å². The van der Waals surface area contributed by atoms with Crippen molar-refractivity contribution in [1.82, 2.24) is 0 Å². The summed E-state index contributed by atoms with van der Waals surface area (Å²) < 4.78 is 0.346. The molecule has 0 radical (unpaired) electrons. The monoisotopic (exact) mass is 291 g/mol. The summed E-state index contributed by atoms with van der Waals surface area (Å²) in [4.78, 5) is 12.1. The molecule has 3 heteroatoms.